The van der Waals surface area contributed by atoms with Gasteiger partial charge in [0.15, 0.2) is 5.78 Å². The number of rotatable bonds is 8. The normalized spacial score (nSPS) is 17.3. The minimum Gasteiger partial charge on any atom is -0.332 e. The summed E-state index contributed by atoms with van der Waals surface area (Å²) in [6.07, 6.45) is 8.25. The Bertz CT molecular complexity index is 1090. The van der Waals surface area contributed by atoms with Crippen LogP contribution in [0.2, 0.25) is 20.1 Å². The van der Waals surface area contributed by atoms with Gasteiger partial charge in [-0.15, -0.1) is 0 Å². The van der Waals surface area contributed by atoms with Crippen LogP contribution in [-0.4, -0.2) is 35.7 Å². The molecule has 1 aliphatic heterocycles. The molecule has 2 aromatic carbocycles. The van der Waals surface area contributed by atoms with Crippen molar-refractivity contribution in [3.05, 3.63) is 78.8 Å². The number of Topliss-reactive ketones (excluding diaryl/α,β-unsaturated/α-hetero) is 1. The molecule has 2 N–H and O–H groups in total. The molecule has 1 amide bonds. The molecule has 35 heavy (non-hydrogen) atoms. The highest BCUT2D eigenvalue weighted by Gasteiger charge is 2.31. The standard InChI is InChI=1S/C27H28Cl4N2O2/c1-2-3-4-5-6-25(32)27(35)33-15-19(11-17-7-9-21(28)23(30)13-17)26(34)20(16-33)12-18-8-10-22(29)24(31)14-18/h7-14,25H,2-6,15-16,32H2,1H3/b19-11+,20-12+. The summed E-state index contributed by atoms with van der Waals surface area (Å²) >= 11 is 24.4. The second-order valence-corrected chi connectivity index (χ2v) is 10.3. The highest BCUT2D eigenvalue weighted by Crippen LogP contribution is 2.28. The molecule has 0 radical (unpaired) electrons. The lowest BCUT2D eigenvalue weighted by molar-refractivity contribution is -0.132. The van der Waals surface area contributed by atoms with Crippen LogP contribution in [0.4, 0.5) is 0 Å². The summed E-state index contributed by atoms with van der Waals surface area (Å²) in [7, 11) is 0. The topological polar surface area (TPSA) is 63.4 Å². The van der Waals surface area contributed by atoms with Crippen LogP contribution < -0.4 is 5.73 Å². The van der Waals surface area contributed by atoms with Crippen molar-refractivity contribution < 1.29 is 9.59 Å². The van der Waals surface area contributed by atoms with Gasteiger partial charge in [-0.3, -0.25) is 9.59 Å². The van der Waals surface area contributed by atoms with E-state index in [9.17, 15) is 9.59 Å². The van der Waals surface area contributed by atoms with Crippen molar-refractivity contribution in [2.75, 3.05) is 13.1 Å². The van der Waals surface area contributed by atoms with Crippen molar-refractivity contribution in [3.63, 3.8) is 0 Å². The lowest BCUT2D eigenvalue weighted by Crippen LogP contribution is -2.48. The van der Waals surface area contributed by atoms with Gasteiger partial charge in [0.1, 0.15) is 0 Å². The Morgan fingerprint density at radius 3 is 1.86 bits per heavy atom. The number of amides is 1. The lowest BCUT2D eigenvalue weighted by atomic mass is 9.93. The van der Waals surface area contributed by atoms with Gasteiger partial charge in [0, 0.05) is 24.2 Å². The summed E-state index contributed by atoms with van der Waals surface area (Å²) in [4.78, 5) is 28.3. The first-order chi connectivity index (χ1) is 16.7. The number of ketones is 1. The predicted octanol–water partition coefficient (Wildman–Crippen LogP) is 7.48. The fourth-order valence-corrected chi connectivity index (χ4v) is 4.56. The number of likely N-dealkylation sites (tertiary alicyclic amines) is 1. The average molecular weight is 554 g/mol. The number of piperidine rings is 1. The van der Waals surface area contributed by atoms with Crippen molar-refractivity contribution in [1.29, 1.82) is 0 Å². The first-order valence-corrected chi connectivity index (χ1v) is 13.1. The van der Waals surface area contributed by atoms with Gasteiger partial charge in [-0.05, 0) is 54.0 Å². The molecule has 1 fully saturated rings. The van der Waals surface area contributed by atoms with Crippen molar-refractivity contribution in [2.24, 2.45) is 5.73 Å². The maximum Gasteiger partial charge on any atom is 0.240 e. The van der Waals surface area contributed by atoms with Crippen LogP contribution in [0.25, 0.3) is 12.2 Å². The van der Waals surface area contributed by atoms with E-state index in [2.05, 4.69) is 6.92 Å². The van der Waals surface area contributed by atoms with E-state index < -0.39 is 6.04 Å². The van der Waals surface area contributed by atoms with Crippen LogP contribution in [-0.2, 0) is 9.59 Å². The summed E-state index contributed by atoms with van der Waals surface area (Å²) in [5.41, 5.74) is 8.62. The van der Waals surface area contributed by atoms with E-state index in [1.54, 1.807) is 53.5 Å². The zero-order valence-electron chi connectivity index (χ0n) is 19.5. The number of hydrogen-bond acceptors (Lipinski definition) is 3. The summed E-state index contributed by atoms with van der Waals surface area (Å²) in [5, 5.41) is 1.63. The number of nitrogens with zero attached hydrogens (tertiary/aromatic N) is 1. The van der Waals surface area contributed by atoms with E-state index >= 15 is 0 Å². The van der Waals surface area contributed by atoms with E-state index in [1.165, 1.54) is 0 Å². The van der Waals surface area contributed by atoms with Crippen molar-refractivity contribution in [2.45, 2.75) is 45.1 Å². The molecule has 0 bridgehead atoms. The van der Waals surface area contributed by atoms with Crippen molar-refractivity contribution in [1.82, 2.24) is 4.90 Å². The van der Waals surface area contributed by atoms with Gasteiger partial charge in [0.25, 0.3) is 0 Å². The Hall–Kier alpha value is -1.82. The SMILES string of the molecule is CCCCCCC(N)C(=O)N1C/C(=C\c2ccc(Cl)c(Cl)c2)C(=O)/C(=C/c2ccc(Cl)c(Cl)c2)C1. The largest absolute Gasteiger partial charge is 0.332 e. The van der Waals surface area contributed by atoms with Gasteiger partial charge in [0.05, 0.1) is 26.1 Å². The first kappa shape index (κ1) is 27.8. The predicted molar refractivity (Wildman–Crippen MR) is 147 cm³/mol. The first-order valence-electron chi connectivity index (χ1n) is 11.6. The molecule has 0 aliphatic carbocycles. The number of hydrogen-bond donors (Lipinski definition) is 1. The number of carbonyl (C=O) groups excluding carboxylic acids is 2. The monoisotopic (exact) mass is 552 g/mol. The second kappa shape index (κ2) is 12.9. The zero-order chi connectivity index (χ0) is 25.5. The molecule has 0 spiro atoms. The summed E-state index contributed by atoms with van der Waals surface area (Å²) in [5.74, 6) is -0.322. The van der Waals surface area contributed by atoms with Crippen LogP contribution >= 0.6 is 46.4 Å². The molecule has 2 aromatic rings. The third-order valence-corrected chi connectivity index (χ3v) is 7.35. The molecule has 8 heteroatoms. The van der Waals surface area contributed by atoms with Gasteiger partial charge in [-0.1, -0.05) is 91.1 Å². The van der Waals surface area contributed by atoms with Crippen LogP contribution in [0.5, 0.6) is 0 Å². The Morgan fingerprint density at radius 2 is 1.40 bits per heavy atom. The van der Waals surface area contributed by atoms with Gasteiger partial charge < -0.3 is 10.6 Å². The average Bonchev–Trinajstić information content (AvgIpc) is 2.83. The molecule has 0 saturated carbocycles. The minimum absolute atomic E-state index is 0.150. The van der Waals surface area contributed by atoms with Crippen molar-refractivity contribution >= 4 is 70.2 Å². The minimum atomic E-state index is -0.613. The van der Waals surface area contributed by atoms with E-state index in [0.717, 1.165) is 36.8 Å². The molecule has 3 rings (SSSR count). The Labute approximate surface area is 226 Å². The lowest BCUT2D eigenvalue weighted by Gasteiger charge is -2.32. The van der Waals surface area contributed by atoms with Gasteiger partial charge in [0.2, 0.25) is 5.91 Å². The molecular weight excluding hydrogens is 526 g/mol. The Morgan fingerprint density at radius 1 is 0.886 bits per heavy atom. The van der Waals surface area contributed by atoms with E-state index in [1.807, 2.05) is 0 Å². The summed E-state index contributed by atoms with van der Waals surface area (Å²) in [6, 6.07) is 9.65. The molecule has 1 atom stereocenters. The molecular formula is C27H28Cl4N2O2. The molecule has 1 heterocycles. The van der Waals surface area contributed by atoms with Crippen LogP contribution in [0.1, 0.15) is 50.2 Å². The van der Waals surface area contributed by atoms with Crippen LogP contribution in [0.3, 0.4) is 0 Å². The third kappa shape index (κ3) is 7.58. The second-order valence-electron chi connectivity index (χ2n) is 8.67. The molecule has 0 aromatic heterocycles. The molecule has 1 unspecified atom stereocenters. The smallest absolute Gasteiger partial charge is 0.240 e. The Kier molecular flexibility index (Phi) is 10.3. The van der Waals surface area contributed by atoms with E-state index in [4.69, 9.17) is 52.1 Å². The highest BCUT2D eigenvalue weighted by molar-refractivity contribution is 6.42. The van der Waals surface area contributed by atoms with E-state index in [0.29, 0.717) is 37.7 Å². The quantitative estimate of drug-likeness (QED) is 0.272. The van der Waals surface area contributed by atoms with Gasteiger partial charge in [-0.25, -0.2) is 0 Å². The number of nitrogens with two attached hydrogens (primary N) is 1. The Balaban J connectivity index is 1.92. The zero-order valence-corrected chi connectivity index (χ0v) is 22.5. The van der Waals surface area contributed by atoms with Gasteiger partial charge >= 0.3 is 0 Å². The highest BCUT2D eigenvalue weighted by atomic mass is 35.5. The van der Waals surface area contributed by atoms with Crippen molar-refractivity contribution in [3.8, 4) is 0 Å². The molecule has 1 saturated heterocycles. The number of benzene rings is 2. The number of carbonyl (C=O) groups is 2. The molecule has 4 nitrogen and oxygen atoms in total. The summed E-state index contributed by atoms with van der Waals surface area (Å²) in [6.45, 7) is 2.47. The maximum atomic E-state index is 13.4. The third-order valence-electron chi connectivity index (χ3n) is 5.87. The van der Waals surface area contributed by atoms with Crippen LogP contribution in [0.15, 0.2) is 47.5 Å². The number of halogens is 4. The van der Waals surface area contributed by atoms with Gasteiger partial charge in [-0.2, -0.15) is 0 Å². The summed E-state index contributed by atoms with van der Waals surface area (Å²) < 4.78 is 0. The molecule has 1 aliphatic rings. The number of unbranched alkanes of at least 4 members (excludes halogenated alkanes) is 3. The van der Waals surface area contributed by atoms with Crippen LogP contribution in [0, 0.1) is 0 Å². The maximum absolute atomic E-state index is 13.4. The van der Waals surface area contributed by atoms with E-state index in [-0.39, 0.29) is 24.8 Å². The fraction of sp³-hybridized carbons (Fsp3) is 0.333. The molecule has 186 valence electrons. The fourth-order valence-electron chi connectivity index (χ4n) is 3.95.